The summed E-state index contributed by atoms with van der Waals surface area (Å²) in [6.07, 6.45) is 3.57. The number of carbonyl (C=O) groups is 1. The largest absolute Gasteiger partial charge is 0.376 e. The number of amides is 2. The van der Waals surface area contributed by atoms with Gasteiger partial charge in [-0.1, -0.05) is 12.1 Å². The normalized spacial score (nSPS) is 17.8. The SMILES string of the molecule is O=C(NC[C@@H]1CCCO1)Nc1c[nH]c2ccccc2c1=O. The van der Waals surface area contributed by atoms with E-state index in [-0.39, 0.29) is 17.2 Å². The summed E-state index contributed by atoms with van der Waals surface area (Å²) in [7, 11) is 0. The van der Waals surface area contributed by atoms with Crippen molar-refractivity contribution in [1.29, 1.82) is 0 Å². The zero-order valence-corrected chi connectivity index (χ0v) is 11.5. The second-order valence-electron chi connectivity index (χ2n) is 5.05. The molecule has 1 aliphatic rings. The van der Waals surface area contributed by atoms with Gasteiger partial charge in [-0.25, -0.2) is 4.79 Å². The topological polar surface area (TPSA) is 83.2 Å². The fourth-order valence-electron chi connectivity index (χ4n) is 2.44. The lowest BCUT2D eigenvalue weighted by molar-refractivity contribution is 0.112. The number of aromatic amines is 1. The number of urea groups is 1. The Labute approximate surface area is 121 Å². The molecule has 1 saturated heterocycles. The van der Waals surface area contributed by atoms with Crippen LogP contribution in [0, 0.1) is 0 Å². The summed E-state index contributed by atoms with van der Waals surface area (Å²) >= 11 is 0. The van der Waals surface area contributed by atoms with E-state index in [9.17, 15) is 9.59 Å². The summed E-state index contributed by atoms with van der Waals surface area (Å²) in [5.74, 6) is 0. The number of benzene rings is 1. The lowest BCUT2D eigenvalue weighted by Crippen LogP contribution is -2.36. The van der Waals surface area contributed by atoms with Gasteiger partial charge in [-0.15, -0.1) is 0 Å². The fourth-order valence-corrected chi connectivity index (χ4v) is 2.44. The van der Waals surface area contributed by atoms with Crippen molar-refractivity contribution >= 4 is 22.6 Å². The maximum Gasteiger partial charge on any atom is 0.319 e. The van der Waals surface area contributed by atoms with Gasteiger partial charge in [0.1, 0.15) is 5.69 Å². The molecule has 2 amide bonds. The quantitative estimate of drug-likeness (QED) is 0.805. The van der Waals surface area contributed by atoms with E-state index >= 15 is 0 Å². The second-order valence-corrected chi connectivity index (χ2v) is 5.05. The molecule has 6 heteroatoms. The fraction of sp³-hybridized carbons (Fsp3) is 0.333. The third-order valence-electron chi connectivity index (χ3n) is 3.55. The van der Waals surface area contributed by atoms with Crippen LogP contribution < -0.4 is 16.1 Å². The Kier molecular flexibility index (Phi) is 3.87. The molecule has 1 aromatic heterocycles. The van der Waals surface area contributed by atoms with Gasteiger partial charge in [0.05, 0.1) is 6.10 Å². The lowest BCUT2D eigenvalue weighted by Gasteiger charge is -2.11. The molecule has 6 nitrogen and oxygen atoms in total. The third-order valence-corrected chi connectivity index (χ3v) is 3.55. The Morgan fingerprint density at radius 1 is 1.38 bits per heavy atom. The van der Waals surface area contributed by atoms with Crippen LogP contribution in [-0.2, 0) is 4.74 Å². The second kappa shape index (κ2) is 5.97. The van der Waals surface area contributed by atoms with Crippen LogP contribution in [0.1, 0.15) is 12.8 Å². The number of hydrogen-bond acceptors (Lipinski definition) is 3. The molecule has 2 aromatic rings. The van der Waals surface area contributed by atoms with Gasteiger partial charge in [-0.2, -0.15) is 0 Å². The standard InChI is InChI=1S/C15H17N3O3/c19-14-11-5-1-2-6-12(11)16-9-13(14)18-15(20)17-8-10-4-3-7-21-10/h1-2,5-6,9-10H,3-4,7-8H2,(H,16,19)(H2,17,18,20)/t10-/m0/s1. The van der Waals surface area contributed by atoms with E-state index in [1.54, 1.807) is 12.1 Å². The van der Waals surface area contributed by atoms with Crippen molar-refractivity contribution in [3.63, 3.8) is 0 Å². The van der Waals surface area contributed by atoms with Gasteiger partial charge in [-0.05, 0) is 25.0 Å². The lowest BCUT2D eigenvalue weighted by atomic mass is 10.2. The molecule has 1 atom stereocenters. The van der Waals surface area contributed by atoms with E-state index in [2.05, 4.69) is 15.6 Å². The summed E-state index contributed by atoms with van der Waals surface area (Å²) in [5, 5.41) is 5.85. The average molecular weight is 287 g/mol. The van der Waals surface area contributed by atoms with E-state index in [0.29, 0.717) is 11.9 Å². The molecule has 3 N–H and O–H groups in total. The predicted octanol–water partition coefficient (Wildman–Crippen LogP) is 1.83. The van der Waals surface area contributed by atoms with Gasteiger partial charge in [-0.3, -0.25) is 4.79 Å². The smallest absolute Gasteiger partial charge is 0.319 e. The van der Waals surface area contributed by atoms with Gasteiger partial charge < -0.3 is 20.4 Å². The van der Waals surface area contributed by atoms with Crippen LogP contribution in [0.4, 0.5) is 10.5 Å². The van der Waals surface area contributed by atoms with E-state index in [4.69, 9.17) is 4.74 Å². The van der Waals surface area contributed by atoms with Gasteiger partial charge in [0.15, 0.2) is 0 Å². The minimum absolute atomic E-state index is 0.0747. The van der Waals surface area contributed by atoms with E-state index in [1.807, 2.05) is 12.1 Å². The number of hydrogen-bond donors (Lipinski definition) is 3. The number of nitrogens with one attached hydrogen (secondary N) is 3. The van der Waals surface area contributed by atoms with Crippen LogP contribution in [0.25, 0.3) is 10.9 Å². The van der Waals surface area contributed by atoms with Gasteiger partial charge >= 0.3 is 6.03 Å². The highest BCUT2D eigenvalue weighted by Crippen LogP contribution is 2.11. The summed E-state index contributed by atoms with van der Waals surface area (Å²) in [4.78, 5) is 27.1. The number of rotatable bonds is 3. The Balaban J connectivity index is 1.68. The Bertz CT molecular complexity index is 705. The van der Waals surface area contributed by atoms with Crippen LogP contribution in [0.2, 0.25) is 0 Å². The number of fused-ring (bicyclic) bond motifs is 1. The number of carbonyl (C=O) groups excluding carboxylic acids is 1. The number of anilines is 1. The summed E-state index contributed by atoms with van der Waals surface area (Å²) in [5.41, 5.74) is 0.781. The Morgan fingerprint density at radius 3 is 3.05 bits per heavy atom. The Morgan fingerprint density at radius 2 is 2.24 bits per heavy atom. The highest BCUT2D eigenvalue weighted by atomic mass is 16.5. The van der Waals surface area contributed by atoms with Crippen LogP contribution in [-0.4, -0.2) is 30.3 Å². The number of ether oxygens (including phenoxy) is 1. The predicted molar refractivity (Wildman–Crippen MR) is 80.6 cm³/mol. The summed E-state index contributed by atoms with van der Waals surface area (Å²) in [6, 6.07) is 6.78. The van der Waals surface area contributed by atoms with Crippen LogP contribution in [0.5, 0.6) is 0 Å². The molecule has 0 radical (unpaired) electrons. The molecule has 21 heavy (non-hydrogen) atoms. The van der Waals surface area contributed by atoms with Gasteiger partial charge in [0, 0.05) is 30.3 Å². The molecule has 0 aliphatic carbocycles. The van der Waals surface area contributed by atoms with Crippen molar-refractivity contribution in [2.24, 2.45) is 0 Å². The molecule has 2 heterocycles. The van der Waals surface area contributed by atoms with Crippen molar-refractivity contribution in [2.45, 2.75) is 18.9 Å². The Hall–Kier alpha value is -2.34. The first-order chi connectivity index (χ1) is 10.2. The first-order valence-corrected chi connectivity index (χ1v) is 7.01. The van der Waals surface area contributed by atoms with Crippen molar-refractivity contribution in [3.8, 4) is 0 Å². The molecule has 0 bridgehead atoms. The molecular weight excluding hydrogens is 270 g/mol. The van der Waals surface area contributed by atoms with Crippen molar-refractivity contribution in [3.05, 3.63) is 40.7 Å². The molecule has 0 unspecified atom stereocenters. The van der Waals surface area contributed by atoms with E-state index < -0.39 is 6.03 Å². The minimum Gasteiger partial charge on any atom is -0.376 e. The first-order valence-electron chi connectivity index (χ1n) is 7.01. The molecule has 0 spiro atoms. The third kappa shape index (κ3) is 3.05. The molecule has 3 rings (SSSR count). The molecule has 1 aliphatic heterocycles. The molecular formula is C15H17N3O3. The van der Waals surface area contributed by atoms with Crippen LogP contribution in [0.3, 0.4) is 0 Å². The summed E-state index contributed by atoms with van der Waals surface area (Å²) in [6.45, 7) is 1.20. The van der Waals surface area contributed by atoms with E-state index in [0.717, 1.165) is 25.0 Å². The van der Waals surface area contributed by atoms with Crippen LogP contribution in [0.15, 0.2) is 35.3 Å². The highest BCUT2D eigenvalue weighted by molar-refractivity contribution is 5.91. The number of para-hydroxylation sites is 1. The number of aromatic nitrogens is 1. The summed E-state index contributed by atoms with van der Waals surface area (Å²) < 4.78 is 5.42. The van der Waals surface area contributed by atoms with Crippen LogP contribution >= 0.6 is 0 Å². The van der Waals surface area contributed by atoms with Crippen molar-refractivity contribution in [2.75, 3.05) is 18.5 Å². The van der Waals surface area contributed by atoms with Crippen molar-refractivity contribution < 1.29 is 9.53 Å². The molecule has 0 saturated carbocycles. The maximum absolute atomic E-state index is 12.2. The van der Waals surface area contributed by atoms with Gasteiger partial charge in [0.2, 0.25) is 5.43 Å². The number of H-pyrrole nitrogens is 1. The maximum atomic E-state index is 12.2. The highest BCUT2D eigenvalue weighted by Gasteiger charge is 2.16. The van der Waals surface area contributed by atoms with E-state index in [1.165, 1.54) is 6.20 Å². The zero-order valence-electron chi connectivity index (χ0n) is 11.5. The van der Waals surface area contributed by atoms with Gasteiger partial charge in [0.25, 0.3) is 0 Å². The number of pyridine rings is 1. The minimum atomic E-state index is -0.397. The molecule has 1 fully saturated rings. The average Bonchev–Trinajstić information content (AvgIpc) is 3.02. The first kappa shape index (κ1) is 13.6. The zero-order chi connectivity index (χ0) is 14.7. The molecule has 1 aromatic carbocycles. The van der Waals surface area contributed by atoms with Crippen molar-refractivity contribution in [1.82, 2.24) is 10.3 Å². The monoisotopic (exact) mass is 287 g/mol. The molecule has 110 valence electrons.